The fourth-order valence-electron chi connectivity index (χ4n) is 7.37. The summed E-state index contributed by atoms with van der Waals surface area (Å²) in [7, 11) is 0. The van der Waals surface area contributed by atoms with Gasteiger partial charge in [0.2, 0.25) is 0 Å². The normalized spacial score (nSPS) is 15.2. The van der Waals surface area contributed by atoms with Crippen molar-refractivity contribution in [2.24, 2.45) is 4.99 Å². The van der Waals surface area contributed by atoms with Gasteiger partial charge in [0.1, 0.15) is 0 Å². The van der Waals surface area contributed by atoms with Gasteiger partial charge in [-0.15, -0.1) is 0 Å². The van der Waals surface area contributed by atoms with Crippen LogP contribution in [-0.4, -0.2) is 16.8 Å². The maximum Gasteiger partial charge on any atom is 0.0719 e. The van der Waals surface area contributed by atoms with Crippen molar-refractivity contribution >= 4 is 56.2 Å². The van der Waals surface area contributed by atoms with Gasteiger partial charge in [-0.25, -0.2) is 4.99 Å². The van der Waals surface area contributed by atoms with Crippen LogP contribution in [0.5, 0.6) is 0 Å². The second-order valence-corrected chi connectivity index (χ2v) is 12.3. The minimum absolute atomic E-state index is 0.762. The van der Waals surface area contributed by atoms with Crippen molar-refractivity contribution in [1.82, 2.24) is 4.57 Å². The van der Waals surface area contributed by atoms with Gasteiger partial charge in [-0.05, 0) is 95.6 Å². The molecule has 48 heavy (non-hydrogen) atoms. The van der Waals surface area contributed by atoms with E-state index in [1.165, 1.54) is 65.9 Å². The topological polar surface area (TPSA) is 20.5 Å². The molecule has 2 aliphatic rings. The lowest BCUT2D eigenvalue weighted by atomic mass is 9.87. The van der Waals surface area contributed by atoms with Crippen molar-refractivity contribution < 1.29 is 0 Å². The maximum atomic E-state index is 5.17. The molecule has 0 saturated heterocycles. The van der Waals surface area contributed by atoms with E-state index in [-0.39, 0.29) is 0 Å². The summed E-state index contributed by atoms with van der Waals surface area (Å²) in [5.41, 5.74) is 12.8. The number of benzene rings is 6. The van der Waals surface area contributed by atoms with E-state index in [1.807, 2.05) is 18.2 Å². The summed E-state index contributed by atoms with van der Waals surface area (Å²) in [5.74, 6) is 0. The second-order valence-electron chi connectivity index (χ2n) is 12.3. The number of hydrogen-bond acceptors (Lipinski definition) is 2. The molecule has 0 bridgehead atoms. The molecule has 7 aromatic rings. The van der Waals surface area contributed by atoms with Crippen LogP contribution in [0, 0.1) is 0 Å². The summed E-state index contributed by atoms with van der Waals surface area (Å²) in [4.78, 5) is 7.62. The number of rotatable bonds is 4. The zero-order valence-corrected chi connectivity index (χ0v) is 26.7. The minimum Gasteiger partial charge on any atom is -0.336 e. The first-order valence-corrected chi connectivity index (χ1v) is 16.5. The Balaban J connectivity index is 1.32. The number of fused-ring (bicyclic) bond motifs is 5. The third kappa shape index (κ3) is 4.63. The molecular weight excluding hydrogens is 583 g/mol. The molecule has 3 heteroatoms. The van der Waals surface area contributed by atoms with Crippen molar-refractivity contribution in [1.29, 1.82) is 0 Å². The van der Waals surface area contributed by atoms with Gasteiger partial charge in [-0.2, -0.15) is 0 Å². The van der Waals surface area contributed by atoms with Crippen LogP contribution in [0.4, 0.5) is 17.1 Å². The Bertz CT molecular complexity index is 2570. The Morgan fingerprint density at radius 1 is 0.625 bits per heavy atom. The lowest BCUT2D eigenvalue weighted by Gasteiger charge is -2.34. The smallest absolute Gasteiger partial charge is 0.0719 e. The SMILES string of the molecule is C/C=c1/cc(-c2ccc3c4ccccc4n(-c4ccccc4)c3c2)cc2c1=C1C(=CC=C/C1=N\c1ccccc1)CN2c1ccccc1. The van der Waals surface area contributed by atoms with Crippen LogP contribution in [0.15, 0.2) is 174 Å². The van der Waals surface area contributed by atoms with E-state index >= 15 is 0 Å². The fraction of sp³-hybridized carbons (Fsp3) is 0.0444. The van der Waals surface area contributed by atoms with Gasteiger partial charge < -0.3 is 9.47 Å². The van der Waals surface area contributed by atoms with Crippen molar-refractivity contribution in [3.8, 4) is 16.8 Å². The molecule has 0 N–H and O–H groups in total. The lowest BCUT2D eigenvalue weighted by Crippen LogP contribution is -2.42. The summed E-state index contributed by atoms with van der Waals surface area (Å²) < 4.78 is 2.39. The van der Waals surface area contributed by atoms with Gasteiger partial charge in [0.05, 0.1) is 28.1 Å². The van der Waals surface area contributed by atoms with E-state index in [2.05, 4.69) is 168 Å². The average molecular weight is 616 g/mol. The number of nitrogens with zero attached hydrogens (tertiary/aromatic N) is 3. The van der Waals surface area contributed by atoms with Crippen molar-refractivity contribution in [2.75, 3.05) is 11.4 Å². The first-order valence-electron chi connectivity index (χ1n) is 16.5. The summed E-state index contributed by atoms with van der Waals surface area (Å²) in [5, 5.41) is 4.94. The molecule has 0 unspecified atom stereocenters. The highest BCUT2D eigenvalue weighted by Crippen LogP contribution is 2.37. The van der Waals surface area contributed by atoms with E-state index in [0.717, 1.165) is 23.6 Å². The molecule has 2 heterocycles. The summed E-state index contributed by atoms with van der Waals surface area (Å²) in [6.45, 7) is 2.91. The van der Waals surface area contributed by atoms with Gasteiger partial charge in [-0.3, -0.25) is 0 Å². The number of aromatic nitrogens is 1. The third-order valence-electron chi connectivity index (χ3n) is 9.55. The molecule has 3 nitrogen and oxygen atoms in total. The van der Waals surface area contributed by atoms with E-state index in [1.54, 1.807) is 0 Å². The number of aliphatic imine (C=N–C) groups is 1. The summed E-state index contributed by atoms with van der Waals surface area (Å²) in [6.07, 6.45) is 8.79. The monoisotopic (exact) mass is 615 g/mol. The van der Waals surface area contributed by atoms with Crippen LogP contribution in [0.1, 0.15) is 6.92 Å². The quantitative estimate of drug-likeness (QED) is 0.193. The van der Waals surface area contributed by atoms with Crippen LogP contribution >= 0.6 is 0 Å². The van der Waals surface area contributed by atoms with Gasteiger partial charge in [0.25, 0.3) is 0 Å². The molecule has 228 valence electrons. The van der Waals surface area contributed by atoms with Crippen LogP contribution in [0.3, 0.4) is 0 Å². The molecule has 0 saturated carbocycles. The predicted molar refractivity (Wildman–Crippen MR) is 203 cm³/mol. The molecule has 0 fully saturated rings. The zero-order valence-electron chi connectivity index (χ0n) is 26.7. The average Bonchev–Trinajstić information content (AvgIpc) is 3.49. The van der Waals surface area contributed by atoms with Crippen molar-refractivity contribution in [2.45, 2.75) is 6.92 Å². The molecule has 1 aliphatic heterocycles. The second kappa shape index (κ2) is 11.6. The van der Waals surface area contributed by atoms with Crippen LogP contribution in [-0.2, 0) is 0 Å². The molecule has 0 radical (unpaired) electrons. The van der Waals surface area contributed by atoms with Gasteiger partial charge >= 0.3 is 0 Å². The number of para-hydroxylation sites is 4. The molecule has 6 aromatic carbocycles. The lowest BCUT2D eigenvalue weighted by molar-refractivity contribution is 1.03. The predicted octanol–water partition coefficient (Wildman–Crippen LogP) is 9.82. The standard InChI is InChI=1S/C45H33N3/c1-2-31-27-34(32-25-26-39-38-22-12-13-24-41(38)48(42(39)28-32)37-20-10-5-11-21-37)29-43-45(31)44-33(30-47(43)36-18-8-4-9-19-36)15-14-23-40(44)46-35-16-6-3-7-17-35/h2-29H,30H2,1H3/b31-2-,46-40+. The molecule has 1 aliphatic carbocycles. The van der Waals surface area contributed by atoms with E-state index < -0.39 is 0 Å². The van der Waals surface area contributed by atoms with Crippen LogP contribution in [0.25, 0.3) is 50.3 Å². The molecule has 0 amide bonds. The van der Waals surface area contributed by atoms with Crippen molar-refractivity contribution in [3.63, 3.8) is 0 Å². The van der Waals surface area contributed by atoms with Gasteiger partial charge in [0.15, 0.2) is 0 Å². The Morgan fingerprint density at radius 2 is 1.31 bits per heavy atom. The van der Waals surface area contributed by atoms with E-state index in [4.69, 9.17) is 4.99 Å². The highest BCUT2D eigenvalue weighted by atomic mass is 15.1. The van der Waals surface area contributed by atoms with Crippen molar-refractivity contribution in [3.05, 3.63) is 180 Å². The van der Waals surface area contributed by atoms with Gasteiger partial charge in [0, 0.05) is 39.5 Å². The summed E-state index contributed by atoms with van der Waals surface area (Å²) >= 11 is 0. The van der Waals surface area contributed by atoms with Crippen LogP contribution < -0.4 is 15.3 Å². The first-order chi connectivity index (χ1) is 23.8. The summed E-state index contributed by atoms with van der Waals surface area (Å²) in [6, 6.07) is 52.1. The highest BCUT2D eigenvalue weighted by Gasteiger charge is 2.27. The first kappa shape index (κ1) is 28.1. The molecule has 0 atom stereocenters. The highest BCUT2D eigenvalue weighted by molar-refractivity contribution is 6.31. The molecule has 1 aromatic heterocycles. The molecule has 9 rings (SSSR count). The zero-order chi connectivity index (χ0) is 32.0. The molecule has 0 spiro atoms. The fourth-order valence-corrected chi connectivity index (χ4v) is 7.37. The Labute approximate surface area is 280 Å². The number of hydrogen-bond donors (Lipinski definition) is 0. The Kier molecular flexibility index (Phi) is 6.76. The van der Waals surface area contributed by atoms with E-state index in [0.29, 0.717) is 0 Å². The largest absolute Gasteiger partial charge is 0.336 e. The van der Waals surface area contributed by atoms with Crippen LogP contribution in [0.2, 0.25) is 0 Å². The van der Waals surface area contributed by atoms with E-state index in [9.17, 15) is 0 Å². The number of allylic oxidation sites excluding steroid dienone is 3. The molecular formula is C45H33N3. The maximum absolute atomic E-state index is 5.17. The van der Waals surface area contributed by atoms with Gasteiger partial charge in [-0.1, -0.05) is 103 Å². The number of anilines is 2. The Morgan fingerprint density at radius 3 is 2.08 bits per heavy atom. The minimum atomic E-state index is 0.762. The Hall–Kier alpha value is -6.19. The third-order valence-corrected chi connectivity index (χ3v) is 9.55.